The fourth-order valence-electron chi connectivity index (χ4n) is 3.92. The van der Waals surface area contributed by atoms with Crippen LogP contribution in [0.1, 0.15) is 50.3 Å². The number of methoxy groups -OCH3 is 1. The topological polar surface area (TPSA) is 124 Å². The van der Waals surface area contributed by atoms with E-state index in [4.69, 9.17) is 9.47 Å². The molecule has 2 heterocycles. The molecule has 2 amide bonds. The van der Waals surface area contributed by atoms with Crippen molar-refractivity contribution in [2.45, 2.75) is 37.9 Å². The average Bonchev–Trinajstić information content (AvgIpc) is 3.56. The third kappa shape index (κ3) is 5.54. The Bertz CT molecular complexity index is 1290. The molecule has 0 saturated carbocycles. The third-order valence-electron chi connectivity index (χ3n) is 5.67. The minimum absolute atomic E-state index is 0.0877. The van der Waals surface area contributed by atoms with Gasteiger partial charge in [0.1, 0.15) is 10.8 Å². The molecule has 4 rings (SSSR count). The first-order valence-electron chi connectivity index (χ1n) is 11.5. The van der Waals surface area contributed by atoms with E-state index in [2.05, 4.69) is 20.8 Å². The highest BCUT2D eigenvalue weighted by molar-refractivity contribution is 7.99. The Morgan fingerprint density at radius 3 is 2.78 bits per heavy atom. The number of nitrogens with zero attached hydrogens (tertiary/aromatic N) is 3. The summed E-state index contributed by atoms with van der Waals surface area (Å²) >= 11 is 2.67. The number of aromatic nitrogens is 3. The fourth-order valence-corrected chi connectivity index (χ4v) is 5.94. The largest absolute Gasteiger partial charge is 0.496 e. The number of rotatable bonds is 10. The Hall–Kier alpha value is -3.38. The molecule has 0 bridgehead atoms. The summed E-state index contributed by atoms with van der Waals surface area (Å²) in [6.45, 7) is 2.20. The van der Waals surface area contributed by atoms with Gasteiger partial charge in [0.05, 0.1) is 37.1 Å². The van der Waals surface area contributed by atoms with Crippen LogP contribution < -0.4 is 15.4 Å². The van der Waals surface area contributed by atoms with Gasteiger partial charge in [0.2, 0.25) is 5.91 Å². The van der Waals surface area contributed by atoms with Crippen LogP contribution in [0.25, 0.3) is 0 Å². The summed E-state index contributed by atoms with van der Waals surface area (Å²) in [6.07, 6.45) is 2.73. The summed E-state index contributed by atoms with van der Waals surface area (Å²) in [4.78, 5) is 38.9. The lowest BCUT2D eigenvalue weighted by Crippen LogP contribution is -2.25. The summed E-state index contributed by atoms with van der Waals surface area (Å²) in [5.41, 5.74) is 1.91. The van der Waals surface area contributed by atoms with Gasteiger partial charge in [0, 0.05) is 11.9 Å². The highest BCUT2D eigenvalue weighted by Crippen LogP contribution is 2.39. The first kappa shape index (κ1) is 25.7. The number of aryl methyl sites for hydroxylation is 1. The van der Waals surface area contributed by atoms with E-state index < -0.39 is 5.97 Å². The quantitative estimate of drug-likeness (QED) is 0.303. The van der Waals surface area contributed by atoms with Gasteiger partial charge in [-0.15, -0.1) is 21.5 Å². The number of hydrogen-bond acceptors (Lipinski definition) is 9. The third-order valence-corrected chi connectivity index (χ3v) is 7.90. The number of hydrogen-bond donors (Lipinski definition) is 2. The zero-order valence-corrected chi connectivity index (χ0v) is 21.9. The number of thiophene rings is 1. The van der Waals surface area contributed by atoms with Crippen LogP contribution in [-0.4, -0.2) is 52.0 Å². The van der Waals surface area contributed by atoms with Crippen molar-refractivity contribution in [3.63, 3.8) is 0 Å². The van der Waals surface area contributed by atoms with Crippen molar-refractivity contribution < 1.29 is 23.9 Å². The summed E-state index contributed by atoms with van der Waals surface area (Å²) in [6, 6.07) is 6.96. The Balaban J connectivity index is 1.35. The van der Waals surface area contributed by atoms with Gasteiger partial charge in [-0.1, -0.05) is 23.9 Å². The number of benzene rings is 1. The lowest BCUT2D eigenvalue weighted by atomic mass is 10.1. The number of carbonyl (C=O) groups is 3. The lowest BCUT2D eigenvalue weighted by molar-refractivity contribution is -0.113. The van der Waals surface area contributed by atoms with Crippen LogP contribution in [0.5, 0.6) is 5.75 Å². The van der Waals surface area contributed by atoms with Crippen molar-refractivity contribution >= 4 is 45.9 Å². The van der Waals surface area contributed by atoms with Gasteiger partial charge in [-0.05, 0) is 43.9 Å². The number of carbonyl (C=O) groups excluding carboxylic acids is 3. The molecule has 0 saturated heterocycles. The number of anilines is 1. The van der Waals surface area contributed by atoms with E-state index in [0.29, 0.717) is 32.9 Å². The number of amides is 2. The molecule has 2 aromatic heterocycles. The Morgan fingerprint density at radius 2 is 2.00 bits per heavy atom. The molecule has 0 fully saturated rings. The molecule has 1 aliphatic rings. The number of fused-ring (bicyclic) bond motifs is 1. The van der Waals surface area contributed by atoms with Gasteiger partial charge in [-0.2, -0.15) is 0 Å². The minimum atomic E-state index is -0.395. The SMILES string of the molecule is CCOC(=O)c1c(NC(=O)CSc2nnc(CNC(=O)c3ccccc3OC)n2C)sc2c1CCC2. The van der Waals surface area contributed by atoms with E-state index in [-0.39, 0.29) is 30.7 Å². The second kappa shape index (κ2) is 11.6. The summed E-state index contributed by atoms with van der Waals surface area (Å²) in [5, 5.41) is 15.0. The Morgan fingerprint density at radius 1 is 1.19 bits per heavy atom. The van der Waals surface area contributed by atoms with Gasteiger partial charge >= 0.3 is 5.97 Å². The molecular weight excluding hydrogens is 502 g/mol. The molecule has 0 atom stereocenters. The summed E-state index contributed by atoms with van der Waals surface area (Å²) in [7, 11) is 3.28. The molecule has 36 heavy (non-hydrogen) atoms. The van der Waals surface area contributed by atoms with Gasteiger partial charge in [0.25, 0.3) is 5.91 Å². The van der Waals surface area contributed by atoms with Crippen molar-refractivity contribution in [2.24, 2.45) is 7.05 Å². The monoisotopic (exact) mass is 529 g/mol. The van der Waals surface area contributed by atoms with Crippen LogP contribution in [0.2, 0.25) is 0 Å². The molecule has 0 spiro atoms. The van der Waals surface area contributed by atoms with Crippen LogP contribution in [-0.2, 0) is 36.0 Å². The minimum Gasteiger partial charge on any atom is -0.496 e. The van der Waals surface area contributed by atoms with Crippen LogP contribution in [0.15, 0.2) is 29.4 Å². The van der Waals surface area contributed by atoms with E-state index in [1.54, 1.807) is 42.8 Å². The molecule has 190 valence electrons. The number of nitrogens with one attached hydrogen (secondary N) is 2. The molecule has 0 radical (unpaired) electrons. The molecule has 1 aromatic carbocycles. The maximum atomic E-state index is 12.7. The van der Waals surface area contributed by atoms with Crippen molar-refractivity contribution in [2.75, 3.05) is 24.8 Å². The van der Waals surface area contributed by atoms with Crippen LogP contribution in [0.4, 0.5) is 5.00 Å². The zero-order valence-electron chi connectivity index (χ0n) is 20.3. The van der Waals surface area contributed by atoms with Gasteiger partial charge in [-0.25, -0.2) is 4.79 Å². The smallest absolute Gasteiger partial charge is 0.341 e. The maximum absolute atomic E-state index is 12.7. The van der Waals surface area contributed by atoms with Crippen LogP contribution in [0.3, 0.4) is 0 Å². The van der Waals surface area contributed by atoms with E-state index in [1.807, 2.05) is 0 Å². The standard InChI is InChI=1S/C24H27N5O5S2/c1-4-34-23(32)20-15-9-7-11-17(15)36-22(20)26-19(30)13-35-24-28-27-18(29(24)2)12-25-21(31)14-8-5-6-10-16(14)33-3/h5-6,8,10H,4,7,9,11-13H2,1-3H3,(H,25,31)(H,26,30). The van der Waals surface area contributed by atoms with Gasteiger partial charge < -0.3 is 24.7 Å². The Kier molecular flexibility index (Phi) is 8.26. The highest BCUT2D eigenvalue weighted by Gasteiger charge is 2.28. The van der Waals surface area contributed by atoms with Gasteiger partial charge in [0.15, 0.2) is 11.0 Å². The lowest BCUT2D eigenvalue weighted by Gasteiger charge is -2.09. The molecule has 0 unspecified atom stereocenters. The van der Waals surface area contributed by atoms with Crippen LogP contribution >= 0.6 is 23.1 Å². The molecule has 0 aliphatic heterocycles. The summed E-state index contributed by atoms with van der Waals surface area (Å²) in [5.74, 6) is 0.180. The van der Waals surface area contributed by atoms with Crippen molar-refractivity contribution in [1.29, 1.82) is 0 Å². The van der Waals surface area contributed by atoms with E-state index in [0.717, 1.165) is 29.7 Å². The van der Waals surface area contributed by atoms with Crippen molar-refractivity contribution in [3.05, 3.63) is 51.7 Å². The predicted octanol–water partition coefficient (Wildman–Crippen LogP) is 3.21. The molecule has 10 nitrogen and oxygen atoms in total. The van der Waals surface area contributed by atoms with Gasteiger partial charge in [-0.3, -0.25) is 9.59 Å². The molecule has 12 heteroatoms. The predicted molar refractivity (Wildman–Crippen MR) is 137 cm³/mol. The molecular formula is C24H27N5O5S2. The first-order valence-corrected chi connectivity index (χ1v) is 13.3. The van der Waals surface area contributed by atoms with E-state index in [1.165, 1.54) is 30.2 Å². The van der Waals surface area contributed by atoms with Crippen LogP contribution in [0, 0.1) is 0 Å². The Labute approximate surface area is 216 Å². The van der Waals surface area contributed by atoms with E-state index >= 15 is 0 Å². The summed E-state index contributed by atoms with van der Waals surface area (Å²) < 4.78 is 12.2. The first-order chi connectivity index (χ1) is 17.4. The molecule has 2 N–H and O–H groups in total. The molecule has 1 aliphatic carbocycles. The van der Waals surface area contributed by atoms with Crippen molar-refractivity contribution in [1.82, 2.24) is 20.1 Å². The highest BCUT2D eigenvalue weighted by atomic mass is 32.2. The normalized spacial score (nSPS) is 12.2. The average molecular weight is 530 g/mol. The number of thioether (sulfide) groups is 1. The second-order valence-corrected chi connectivity index (χ2v) is 10.0. The number of para-hydroxylation sites is 1. The van der Waals surface area contributed by atoms with Crippen molar-refractivity contribution in [3.8, 4) is 5.75 Å². The second-order valence-electron chi connectivity index (χ2n) is 7.96. The number of esters is 1. The molecule has 3 aromatic rings. The fraction of sp³-hybridized carbons (Fsp3) is 0.375. The zero-order chi connectivity index (χ0) is 25.7. The number of ether oxygens (including phenoxy) is 2. The van der Waals surface area contributed by atoms with E-state index in [9.17, 15) is 14.4 Å². The maximum Gasteiger partial charge on any atom is 0.341 e.